The van der Waals surface area contributed by atoms with Gasteiger partial charge in [-0.1, -0.05) is 18.2 Å². The highest BCUT2D eigenvalue weighted by Crippen LogP contribution is 2.32. The van der Waals surface area contributed by atoms with Gasteiger partial charge in [-0.05, 0) is 63.2 Å². The topological polar surface area (TPSA) is 44.8 Å². The predicted molar refractivity (Wildman–Crippen MR) is 111 cm³/mol. The van der Waals surface area contributed by atoms with E-state index < -0.39 is 0 Å². The summed E-state index contributed by atoms with van der Waals surface area (Å²) < 4.78 is 6.15. The molecule has 0 fully saturated rings. The van der Waals surface area contributed by atoms with Crippen LogP contribution in [-0.4, -0.2) is 50.1 Å². The molecule has 2 aromatic carbocycles. The van der Waals surface area contributed by atoms with Crippen LogP contribution in [0.3, 0.4) is 0 Å². The maximum absolute atomic E-state index is 12.4. The molecule has 0 saturated heterocycles. The van der Waals surface area contributed by atoms with Crippen molar-refractivity contribution in [1.82, 2.24) is 4.90 Å². The summed E-state index contributed by atoms with van der Waals surface area (Å²) in [5.41, 5.74) is 4.39. The van der Waals surface area contributed by atoms with Gasteiger partial charge in [0, 0.05) is 18.8 Å². The number of fused-ring (bicyclic) bond motifs is 1. The fourth-order valence-corrected chi connectivity index (χ4v) is 3.45. The minimum Gasteiger partial charge on any atom is -0.485 e. The van der Waals surface area contributed by atoms with Crippen molar-refractivity contribution in [2.45, 2.75) is 26.9 Å². The van der Waals surface area contributed by atoms with Crippen LogP contribution in [0.15, 0.2) is 42.5 Å². The van der Waals surface area contributed by atoms with Gasteiger partial charge in [0.15, 0.2) is 0 Å². The summed E-state index contributed by atoms with van der Waals surface area (Å²) in [6.45, 7) is 9.07. The number of benzene rings is 2. The number of para-hydroxylation sites is 2. The summed E-state index contributed by atoms with van der Waals surface area (Å²) in [5, 5.41) is 2.98. The van der Waals surface area contributed by atoms with Crippen LogP contribution < -0.4 is 15.0 Å². The standard InChI is InChI=1S/C22H29N3O2/c1-5-25-14-19(27-21-9-7-6-8-20(21)25)13-24(4)15-22(26)23-18-11-10-16(2)17(3)12-18/h6-12,19H,5,13-15H2,1-4H3,(H,23,26). The summed E-state index contributed by atoms with van der Waals surface area (Å²) >= 11 is 0. The smallest absolute Gasteiger partial charge is 0.238 e. The highest BCUT2D eigenvalue weighted by Gasteiger charge is 2.25. The molecule has 1 heterocycles. The Morgan fingerprint density at radius 1 is 1.22 bits per heavy atom. The maximum Gasteiger partial charge on any atom is 0.238 e. The molecule has 0 spiro atoms. The first-order valence-corrected chi connectivity index (χ1v) is 9.52. The first-order chi connectivity index (χ1) is 13.0. The summed E-state index contributed by atoms with van der Waals surface area (Å²) in [7, 11) is 1.96. The molecule has 0 radical (unpaired) electrons. The largest absolute Gasteiger partial charge is 0.485 e. The zero-order chi connectivity index (χ0) is 19.4. The SMILES string of the molecule is CCN1CC(CN(C)CC(=O)Nc2ccc(C)c(C)c2)Oc2ccccc21. The molecule has 1 unspecified atom stereocenters. The molecule has 1 aliphatic heterocycles. The Balaban J connectivity index is 1.55. The number of amides is 1. The van der Waals surface area contributed by atoms with E-state index in [9.17, 15) is 4.79 Å². The van der Waals surface area contributed by atoms with Gasteiger partial charge in [-0.2, -0.15) is 0 Å². The van der Waals surface area contributed by atoms with Crippen LogP contribution in [0.5, 0.6) is 5.75 Å². The van der Waals surface area contributed by atoms with Gasteiger partial charge in [0.2, 0.25) is 5.91 Å². The average Bonchev–Trinajstić information content (AvgIpc) is 2.63. The van der Waals surface area contributed by atoms with E-state index in [2.05, 4.69) is 37.1 Å². The van der Waals surface area contributed by atoms with Gasteiger partial charge in [-0.25, -0.2) is 0 Å². The van der Waals surface area contributed by atoms with Crippen LogP contribution >= 0.6 is 0 Å². The second-order valence-corrected chi connectivity index (χ2v) is 7.29. The number of rotatable bonds is 6. The molecular weight excluding hydrogens is 338 g/mol. The quantitative estimate of drug-likeness (QED) is 0.849. The lowest BCUT2D eigenvalue weighted by atomic mass is 10.1. The number of carbonyl (C=O) groups excluding carboxylic acids is 1. The van der Waals surface area contributed by atoms with Crippen LogP contribution in [0.2, 0.25) is 0 Å². The Labute approximate surface area is 161 Å². The van der Waals surface area contributed by atoms with Crippen molar-refractivity contribution >= 4 is 17.3 Å². The van der Waals surface area contributed by atoms with E-state index in [0.717, 1.165) is 30.2 Å². The monoisotopic (exact) mass is 367 g/mol. The molecule has 0 bridgehead atoms. The Kier molecular flexibility index (Phi) is 6.01. The van der Waals surface area contributed by atoms with Crippen molar-refractivity contribution < 1.29 is 9.53 Å². The van der Waals surface area contributed by atoms with Gasteiger partial charge < -0.3 is 15.0 Å². The third kappa shape index (κ3) is 4.80. The number of hydrogen-bond donors (Lipinski definition) is 1. The zero-order valence-electron chi connectivity index (χ0n) is 16.7. The van der Waals surface area contributed by atoms with Gasteiger partial charge in [0.1, 0.15) is 11.9 Å². The Bertz CT molecular complexity index is 806. The van der Waals surface area contributed by atoms with Crippen LogP contribution in [0.1, 0.15) is 18.1 Å². The van der Waals surface area contributed by atoms with Gasteiger partial charge >= 0.3 is 0 Å². The molecule has 3 rings (SSSR count). The normalized spacial score (nSPS) is 16.0. The van der Waals surface area contributed by atoms with Gasteiger partial charge in [0.05, 0.1) is 18.8 Å². The minimum absolute atomic E-state index is 0.00990. The molecule has 1 aliphatic rings. The van der Waals surface area contributed by atoms with E-state index in [-0.39, 0.29) is 12.0 Å². The molecular formula is C22H29N3O2. The van der Waals surface area contributed by atoms with E-state index in [4.69, 9.17) is 4.74 Å². The number of anilines is 2. The molecule has 1 N–H and O–H groups in total. The van der Waals surface area contributed by atoms with Gasteiger partial charge in [0.25, 0.3) is 0 Å². The van der Waals surface area contributed by atoms with Gasteiger partial charge in [-0.3, -0.25) is 9.69 Å². The number of ether oxygens (including phenoxy) is 1. The molecule has 144 valence electrons. The molecule has 27 heavy (non-hydrogen) atoms. The van der Waals surface area contributed by atoms with Crippen LogP contribution in [0, 0.1) is 13.8 Å². The average molecular weight is 367 g/mol. The first kappa shape index (κ1) is 19.2. The van der Waals surface area contributed by atoms with E-state index in [1.165, 1.54) is 11.1 Å². The Morgan fingerprint density at radius 3 is 2.74 bits per heavy atom. The molecule has 1 amide bonds. The number of likely N-dealkylation sites (N-methyl/N-ethyl adjacent to an activating group) is 2. The molecule has 2 aromatic rings. The number of nitrogens with zero attached hydrogens (tertiary/aromatic N) is 2. The van der Waals surface area contributed by atoms with Gasteiger partial charge in [-0.15, -0.1) is 0 Å². The summed E-state index contributed by atoms with van der Waals surface area (Å²) in [6.07, 6.45) is 0.0410. The summed E-state index contributed by atoms with van der Waals surface area (Å²) in [5.74, 6) is 0.910. The highest BCUT2D eigenvalue weighted by molar-refractivity contribution is 5.92. The summed E-state index contributed by atoms with van der Waals surface area (Å²) in [6, 6.07) is 14.1. The predicted octanol–water partition coefficient (Wildman–Crippen LogP) is 3.46. The van der Waals surface area contributed by atoms with Crippen molar-refractivity contribution in [3.8, 4) is 5.75 Å². The van der Waals surface area contributed by atoms with E-state index in [1.807, 2.05) is 48.3 Å². The molecule has 0 aliphatic carbocycles. The van der Waals surface area contributed by atoms with Crippen LogP contribution in [0.25, 0.3) is 0 Å². The van der Waals surface area contributed by atoms with E-state index in [1.54, 1.807) is 0 Å². The van der Waals surface area contributed by atoms with E-state index in [0.29, 0.717) is 13.1 Å². The summed E-state index contributed by atoms with van der Waals surface area (Å²) in [4.78, 5) is 16.7. The van der Waals surface area contributed by atoms with Crippen LogP contribution in [0.4, 0.5) is 11.4 Å². The molecule has 5 nitrogen and oxygen atoms in total. The first-order valence-electron chi connectivity index (χ1n) is 9.52. The Hall–Kier alpha value is -2.53. The molecule has 0 aromatic heterocycles. The number of nitrogens with one attached hydrogen (secondary N) is 1. The number of hydrogen-bond acceptors (Lipinski definition) is 4. The molecule has 5 heteroatoms. The lowest BCUT2D eigenvalue weighted by molar-refractivity contribution is -0.117. The Morgan fingerprint density at radius 2 is 2.00 bits per heavy atom. The highest BCUT2D eigenvalue weighted by atomic mass is 16.5. The van der Waals surface area contributed by atoms with Crippen molar-refractivity contribution in [1.29, 1.82) is 0 Å². The maximum atomic E-state index is 12.4. The van der Waals surface area contributed by atoms with Crippen molar-refractivity contribution in [3.63, 3.8) is 0 Å². The zero-order valence-corrected chi connectivity index (χ0v) is 16.7. The van der Waals surface area contributed by atoms with Crippen molar-refractivity contribution in [2.24, 2.45) is 0 Å². The second kappa shape index (κ2) is 8.44. The second-order valence-electron chi connectivity index (χ2n) is 7.29. The van der Waals surface area contributed by atoms with E-state index >= 15 is 0 Å². The fraction of sp³-hybridized carbons (Fsp3) is 0.409. The lowest BCUT2D eigenvalue weighted by Gasteiger charge is -2.37. The van der Waals surface area contributed by atoms with Crippen molar-refractivity contribution in [3.05, 3.63) is 53.6 Å². The number of carbonyl (C=O) groups is 1. The third-order valence-corrected chi connectivity index (χ3v) is 5.02. The van der Waals surface area contributed by atoms with Crippen molar-refractivity contribution in [2.75, 3.05) is 43.4 Å². The third-order valence-electron chi connectivity index (χ3n) is 5.02. The molecule has 0 saturated carbocycles. The minimum atomic E-state index is -0.00990. The fourth-order valence-electron chi connectivity index (χ4n) is 3.45. The lowest BCUT2D eigenvalue weighted by Crippen LogP contribution is -2.46. The van der Waals surface area contributed by atoms with Crippen LogP contribution in [-0.2, 0) is 4.79 Å². The molecule has 1 atom stereocenters. The number of aryl methyl sites for hydroxylation is 2.